The topological polar surface area (TPSA) is 41.6 Å². The van der Waals surface area contributed by atoms with Crippen LogP contribution >= 0.6 is 0 Å². The average molecular weight is 286 g/mol. The number of fused-ring (bicyclic) bond motifs is 1. The van der Waals surface area contributed by atoms with Gasteiger partial charge in [0.2, 0.25) is 0 Å². The number of cyclic esters (lactones) is 1. The lowest BCUT2D eigenvalue weighted by atomic mass is 9.92. The van der Waals surface area contributed by atoms with E-state index in [0.717, 1.165) is 44.7 Å². The fraction of sp³-hybridized carbons (Fsp3) is 0.588. The van der Waals surface area contributed by atoms with Crippen LogP contribution in [0.2, 0.25) is 0 Å². The number of ether oxygens (including phenoxy) is 1. The van der Waals surface area contributed by atoms with Crippen LogP contribution in [0.4, 0.5) is 0 Å². The second-order valence-electron chi connectivity index (χ2n) is 6.36. The van der Waals surface area contributed by atoms with E-state index in [-0.39, 0.29) is 5.97 Å². The smallest absolute Gasteiger partial charge is 0.338 e. The van der Waals surface area contributed by atoms with Crippen LogP contribution in [0.3, 0.4) is 0 Å². The van der Waals surface area contributed by atoms with Gasteiger partial charge in [-0.05, 0) is 42.4 Å². The molecule has 1 aliphatic carbocycles. The van der Waals surface area contributed by atoms with E-state index in [0.29, 0.717) is 12.5 Å². The number of benzene rings is 1. The van der Waals surface area contributed by atoms with E-state index in [9.17, 15) is 4.79 Å². The molecule has 4 heteroatoms. The van der Waals surface area contributed by atoms with Gasteiger partial charge in [-0.3, -0.25) is 0 Å². The average Bonchev–Trinajstić information content (AvgIpc) is 3.29. The Balaban J connectivity index is 1.55. The summed E-state index contributed by atoms with van der Waals surface area (Å²) in [6.45, 7) is 6.09. The van der Waals surface area contributed by atoms with Gasteiger partial charge in [-0.1, -0.05) is 6.07 Å². The van der Waals surface area contributed by atoms with Crippen LogP contribution in [0.25, 0.3) is 0 Å². The van der Waals surface area contributed by atoms with Crippen molar-refractivity contribution in [2.75, 3.05) is 32.7 Å². The SMILES string of the molecule is O=C1OCc2c1ccc(CCN1CCNCC1)c2C1CC1. The Hall–Kier alpha value is -1.39. The fourth-order valence-corrected chi connectivity index (χ4v) is 3.59. The van der Waals surface area contributed by atoms with Gasteiger partial charge in [-0.15, -0.1) is 0 Å². The lowest BCUT2D eigenvalue weighted by Gasteiger charge is -2.27. The van der Waals surface area contributed by atoms with E-state index < -0.39 is 0 Å². The lowest BCUT2D eigenvalue weighted by molar-refractivity contribution is 0.0534. The van der Waals surface area contributed by atoms with E-state index >= 15 is 0 Å². The predicted octanol–water partition coefficient (Wildman–Crippen LogP) is 1.68. The summed E-state index contributed by atoms with van der Waals surface area (Å²) in [4.78, 5) is 14.3. The molecular weight excluding hydrogens is 264 g/mol. The summed E-state index contributed by atoms with van der Waals surface area (Å²) in [7, 11) is 0. The zero-order chi connectivity index (χ0) is 14.2. The highest BCUT2D eigenvalue weighted by Crippen LogP contribution is 2.45. The van der Waals surface area contributed by atoms with Gasteiger partial charge in [0.25, 0.3) is 0 Å². The van der Waals surface area contributed by atoms with Crippen molar-refractivity contribution >= 4 is 5.97 Å². The van der Waals surface area contributed by atoms with E-state index in [1.165, 1.54) is 29.5 Å². The number of nitrogens with zero attached hydrogens (tertiary/aromatic N) is 1. The van der Waals surface area contributed by atoms with E-state index in [1.54, 1.807) is 0 Å². The minimum absolute atomic E-state index is 0.138. The van der Waals surface area contributed by atoms with Crippen molar-refractivity contribution in [3.05, 3.63) is 34.4 Å². The molecule has 4 nitrogen and oxygen atoms in total. The monoisotopic (exact) mass is 286 g/mol. The van der Waals surface area contributed by atoms with Crippen LogP contribution in [-0.4, -0.2) is 43.6 Å². The molecule has 112 valence electrons. The molecule has 1 aromatic carbocycles. The molecular formula is C17H22N2O2. The number of esters is 1. The maximum absolute atomic E-state index is 11.7. The first-order valence-electron chi connectivity index (χ1n) is 8.08. The van der Waals surface area contributed by atoms with Gasteiger partial charge in [0.1, 0.15) is 6.61 Å². The Labute approximate surface area is 125 Å². The number of piperazine rings is 1. The van der Waals surface area contributed by atoms with Crippen LogP contribution in [0.1, 0.15) is 45.8 Å². The number of nitrogens with one attached hydrogen (secondary N) is 1. The van der Waals surface area contributed by atoms with Gasteiger partial charge in [-0.2, -0.15) is 0 Å². The molecule has 1 saturated carbocycles. The van der Waals surface area contributed by atoms with Crippen molar-refractivity contribution in [2.24, 2.45) is 0 Å². The number of carbonyl (C=O) groups excluding carboxylic acids is 1. The number of hydrogen-bond donors (Lipinski definition) is 1. The number of carbonyl (C=O) groups is 1. The highest BCUT2D eigenvalue weighted by molar-refractivity contribution is 5.94. The Morgan fingerprint density at radius 3 is 2.81 bits per heavy atom. The summed E-state index contributed by atoms with van der Waals surface area (Å²) in [5.41, 5.74) is 4.87. The molecule has 1 saturated heterocycles. The molecule has 0 bridgehead atoms. The highest BCUT2D eigenvalue weighted by Gasteiger charge is 2.33. The summed E-state index contributed by atoms with van der Waals surface area (Å²) in [6.07, 6.45) is 3.63. The van der Waals surface area contributed by atoms with E-state index in [4.69, 9.17) is 4.74 Å². The molecule has 3 aliphatic rings. The lowest BCUT2D eigenvalue weighted by Crippen LogP contribution is -2.44. The molecule has 2 fully saturated rings. The van der Waals surface area contributed by atoms with Crippen molar-refractivity contribution < 1.29 is 9.53 Å². The second kappa shape index (κ2) is 5.43. The molecule has 0 spiro atoms. The van der Waals surface area contributed by atoms with Gasteiger partial charge in [-0.25, -0.2) is 4.79 Å². The Morgan fingerprint density at radius 2 is 2.05 bits per heavy atom. The number of rotatable bonds is 4. The molecule has 0 unspecified atom stereocenters. The molecule has 4 rings (SSSR count). The highest BCUT2D eigenvalue weighted by atomic mass is 16.5. The van der Waals surface area contributed by atoms with Crippen LogP contribution < -0.4 is 5.32 Å². The molecule has 0 atom stereocenters. The summed E-state index contributed by atoms with van der Waals surface area (Å²) < 4.78 is 5.23. The summed E-state index contributed by atoms with van der Waals surface area (Å²) in [5.74, 6) is 0.535. The van der Waals surface area contributed by atoms with Crippen molar-refractivity contribution in [3.8, 4) is 0 Å². The normalized spacial score (nSPS) is 22.2. The van der Waals surface area contributed by atoms with E-state index in [2.05, 4.69) is 16.3 Å². The molecule has 21 heavy (non-hydrogen) atoms. The maximum Gasteiger partial charge on any atom is 0.338 e. The molecule has 0 amide bonds. The van der Waals surface area contributed by atoms with Crippen molar-refractivity contribution in [1.82, 2.24) is 10.2 Å². The van der Waals surface area contributed by atoms with Crippen LogP contribution in [0.15, 0.2) is 12.1 Å². The summed E-state index contributed by atoms with van der Waals surface area (Å²) >= 11 is 0. The minimum atomic E-state index is -0.138. The molecule has 0 radical (unpaired) electrons. The van der Waals surface area contributed by atoms with Crippen molar-refractivity contribution in [3.63, 3.8) is 0 Å². The standard InChI is InChI=1S/C17H22N2O2/c20-17-14-4-3-13(5-8-19-9-6-18-7-10-19)16(12-1-2-12)15(14)11-21-17/h3-4,12,18H,1-2,5-11H2. The van der Waals surface area contributed by atoms with Gasteiger partial charge in [0.15, 0.2) is 0 Å². The van der Waals surface area contributed by atoms with Crippen molar-refractivity contribution in [1.29, 1.82) is 0 Å². The van der Waals surface area contributed by atoms with E-state index in [1.807, 2.05) is 6.07 Å². The van der Waals surface area contributed by atoms with Gasteiger partial charge in [0, 0.05) is 38.3 Å². The largest absolute Gasteiger partial charge is 0.457 e. The molecule has 2 heterocycles. The zero-order valence-corrected chi connectivity index (χ0v) is 12.4. The zero-order valence-electron chi connectivity index (χ0n) is 12.4. The Morgan fingerprint density at radius 1 is 1.24 bits per heavy atom. The number of hydrogen-bond acceptors (Lipinski definition) is 4. The first kappa shape index (κ1) is 13.3. The van der Waals surface area contributed by atoms with Gasteiger partial charge >= 0.3 is 5.97 Å². The Bertz CT molecular complexity index is 560. The first-order chi connectivity index (χ1) is 10.3. The van der Waals surface area contributed by atoms with Gasteiger partial charge < -0.3 is 15.0 Å². The second-order valence-corrected chi connectivity index (χ2v) is 6.36. The minimum Gasteiger partial charge on any atom is -0.457 e. The van der Waals surface area contributed by atoms with Crippen LogP contribution in [0.5, 0.6) is 0 Å². The van der Waals surface area contributed by atoms with Crippen LogP contribution in [0, 0.1) is 0 Å². The molecule has 0 aromatic heterocycles. The predicted molar refractivity (Wildman–Crippen MR) is 80.6 cm³/mol. The van der Waals surface area contributed by atoms with Gasteiger partial charge in [0.05, 0.1) is 5.56 Å². The first-order valence-corrected chi connectivity index (χ1v) is 8.08. The summed E-state index contributed by atoms with van der Waals surface area (Å²) in [6, 6.07) is 4.14. The quantitative estimate of drug-likeness (QED) is 0.855. The molecule has 1 N–H and O–H groups in total. The third-order valence-electron chi connectivity index (χ3n) is 4.91. The molecule has 1 aromatic rings. The maximum atomic E-state index is 11.7. The third kappa shape index (κ3) is 2.58. The van der Waals surface area contributed by atoms with Crippen LogP contribution in [-0.2, 0) is 17.8 Å². The third-order valence-corrected chi connectivity index (χ3v) is 4.91. The Kier molecular flexibility index (Phi) is 3.43. The molecule has 2 aliphatic heterocycles. The van der Waals surface area contributed by atoms with Crippen molar-refractivity contribution in [2.45, 2.75) is 31.8 Å². The summed E-state index contributed by atoms with van der Waals surface area (Å²) in [5, 5.41) is 3.40. The fourth-order valence-electron chi connectivity index (χ4n) is 3.59.